The van der Waals surface area contributed by atoms with E-state index in [9.17, 15) is 4.79 Å². The van der Waals surface area contributed by atoms with E-state index in [-0.39, 0.29) is 12.1 Å². The molecule has 37 heavy (non-hydrogen) atoms. The van der Waals surface area contributed by atoms with Crippen molar-refractivity contribution in [3.63, 3.8) is 0 Å². The number of carbonyl (C=O) groups is 1. The van der Waals surface area contributed by atoms with E-state index in [0.717, 1.165) is 54.8 Å². The van der Waals surface area contributed by atoms with Gasteiger partial charge < -0.3 is 4.74 Å². The van der Waals surface area contributed by atoms with Crippen LogP contribution < -0.4 is 0 Å². The van der Waals surface area contributed by atoms with Gasteiger partial charge in [-0.1, -0.05) is 89.8 Å². The standard InChI is InChI=1S/C35H54O2/c1-24(2)11-10-12-25(3)29-15-16-30-28-14-13-26-23-27(37-32(36)33(4)19-8-7-9-20-33)17-21-34(26,5)31(28)18-22-35(29,30)6/h8-9,13,19-20,24-25,27-31H,7,10-12,14-18,21-23H2,1-6H3/t25-,27?,28+,29-,30+,31+,34+,35-/m1/s1. The van der Waals surface area contributed by atoms with Crippen LogP contribution in [0.4, 0.5) is 0 Å². The number of esters is 1. The summed E-state index contributed by atoms with van der Waals surface area (Å²) in [5, 5.41) is 0. The van der Waals surface area contributed by atoms with Gasteiger partial charge in [-0.25, -0.2) is 0 Å². The highest BCUT2D eigenvalue weighted by molar-refractivity contribution is 5.81. The lowest BCUT2D eigenvalue weighted by Gasteiger charge is -2.58. The minimum absolute atomic E-state index is 0.0420. The Kier molecular flexibility index (Phi) is 7.62. The van der Waals surface area contributed by atoms with Crippen molar-refractivity contribution in [3.05, 3.63) is 36.0 Å². The molecule has 3 fully saturated rings. The minimum atomic E-state index is -0.593. The van der Waals surface area contributed by atoms with Gasteiger partial charge in [0.2, 0.25) is 0 Å². The van der Waals surface area contributed by atoms with Crippen molar-refractivity contribution < 1.29 is 9.53 Å². The monoisotopic (exact) mass is 506 g/mol. The summed E-state index contributed by atoms with van der Waals surface area (Å²) in [6, 6.07) is 0. The Morgan fingerprint density at radius 2 is 1.73 bits per heavy atom. The summed E-state index contributed by atoms with van der Waals surface area (Å²) in [6.07, 6.45) is 26.1. The molecular weight excluding hydrogens is 452 g/mol. The molecule has 5 aliphatic rings. The van der Waals surface area contributed by atoms with Gasteiger partial charge in [-0.3, -0.25) is 4.79 Å². The normalized spacial score (nSPS) is 40.9. The van der Waals surface area contributed by atoms with Crippen LogP contribution in [0.15, 0.2) is 36.0 Å². The van der Waals surface area contributed by atoms with Gasteiger partial charge in [0.25, 0.3) is 0 Å². The zero-order chi connectivity index (χ0) is 26.4. The first-order chi connectivity index (χ1) is 17.6. The lowest BCUT2D eigenvalue weighted by Crippen LogP contribution is -2.51. The molecule has 206 valence electrons. The molecule has 3 saturated carbocycles. The molecule has 0 spiro atoms. The number of allylic oxidation sites excluding steroid dienone is 3. The minimum Gasteiger partial charge on any atom is -0.461 e. The predicted octanol–water partition coefficient (Wildman–Crippen LogP) is 9.46. The topological polar surface area (TPSA) is 26.3 Å². The molecule has 0 amide bonds. The molecule has 0 N–H and O–H groups in total. The number of rotatable bonds is 7. The third-order valence-electron chi connectivity index (χ3n) is 12.2. The van der Waals surface area contributed by atoms with Crippen molar-refractivity contribution in [2.45, 2.75) is 125 Å². The van der Waals surface area contributed by atoms with Gasteiger partial charge in [-0.2, -0.15) is 0 Å². The Balaban J connectivity index is 1.25. The first-order valence-corrected chi connectivity index (χ1v) is 15.8. The van der Waals surface area contributed by atoms with Crippen LogP contribution in [0.25, 0.3) is 0 Å². The highest BCUT2D eigenvalue weighted by atomic mass is 16.5. The Morgan fingerprint density at radius 3 is 2.46 bits per heavy atom. The number of hydrogen-bond donors (Lipinski definition) is 0. The molecule has 2 heteroatoms. The van der Waals surface area contributed by atoms with Crippen molar-refractivity contribution in [2.75, 3.05) is 0 Å². The summed E-state index contributed by atoms with van der Waals surface area (Å²) >= 11 is 0. The van der Waals surface area contributed by atoms with E-state index in [1.807, 2.05) is 19.1 Å². The zero-order valence-corrected chi connectivity index (χ0v) is 24.7. The summed E-state index contributed by atoms with van der Waals surface area (Å²) in [7, 11) is 0. The van der Waals surface area contributed by atoms with Crippen LogP contribution in [-0.2, 0) is 9.53 Å². The second-order valence-corrected chi connectivity index (χ2v) is 14.9. The molecule has 2 nitrogen and oxygen atoms in total. The van der Waals surface area contributed by atoms with E-state index in [2.05, 4.69) is 52.8 Å². The van der Waals surface area contributed by atoms with Crippen LogP contribution in [0.2, 0.25) is 0 Å². The molecule has 0 saturated heterocycles. The van der Waals surface area contributed by atoms with Crippen LogP contribution in [0.3, 0.4) is 0 Å². The predicted molar refractivity (Wildman–Crippen MR) is 154 cm³/mol. The highest BCUT2D eigenvalue weighted by Gasteiger charge is 2.59. The maximum atomic E-state index is 13.1. The van der Waals surface area contributed by atoms with Crippen LogP contribution in [0.5, 0.6) is 0 Å². The summed E-state index contributed by atoms with van der Waals surface area (Å²) in [4.78, 5) is 13.1. The van der Waals surface area contributed by atoms with Crippen LogP contribution in [-0.4, -0.2) is 12.1 Å². The Hall–Kier alpha value is -1.31. The van der Waals surface area contributed by atoms with Gasteiger partial charge in [-0.15, -0.1) is 0 Å². The van der Waals surface area contributed by atoms with E-state index in [4.69, 9.17) is 4.74 Å². The first-order valence-electron chi connectivity index (χ1n) is 15.8. The smallest absolute Gasteiger partial charge is 0.319 e. The van der Waals surface area contributed by atoms with Gasteiger partial charge in [0.15, 0.2) is 0 Å². The van der Waals surface area contributed by atoms with E-state index in [0.29, 0.717) is 10.8 Å². The molecule has 5 aliphatic carbocycles. The fourth-order valence-corrected chi connectivity index (χ4v) is 9.93. The third kappa shape index (κ3) is 4.93. The average molecular weight is 507 g/mol. The van der Waals surface area contributed by atoms with Crippen molar-refractivity contribution in [3.8, 4) is 0 Å². The molecule has 0 bridgehead atoms. The van der Waals surface area contributed by atoms with Crippen LogP contribution in [0, 0.1) is 51.8 Å². The summed E-state index contributed by atoms with van der Waals surface area (Å²) in [6.45, 7) is 14.6. The molecule has 5 rings (SSSR count). The van der Waals surface area contributed by atoms with Crippen molar-refractivity contribution in [1.82, 2.24) is 0 Å². The Morgan fingerprint density at radius 1 is 0.973 bits per heavy atom. The second kappa shape index (κ2) is 10.3. The SMILES string of the molecule is CC(C)CCC[C@@H](C)[C@H]1CC[C@H]2[C@@H]3CC=C4CC(OC(=O)C5(C)C=CCC=C5)CC[C@]4(C)[C@H]3CC[C@]12C. The molecule has 0 radical (unpaired) electrons. The summed E-state index contributed by atoms with van der Waals surface area (Å²) < 4.78 is 6.15. The Labute approximate surface area is 227 Å². The summed E-state index contributed by atoms with van der Waals surface area (Å²) in [5.41, 5.74) is 1.87. The van der Waals surface area contributed by atoms with Gasteiger partial charge in [-0.05, 0) is 105 Å². The van der Waals surface area contributed by atoms with Crippen LogP contribution in [0.1, 0.15) is 119 Å². The van der Waals surface area contributed by atoms with Gasteiger partial charge in [0, 0.05) is 6.42 Å². The molecule has 8 atom stereocenters. The summed E-state index contributed by atoms with van der Waals surface area (Å²) in [5.74, 6) is 5.13. The first kappa shape index (κ1) is 27.3. The largest absolute Gasteiger partial charge is 0.461 e. The van der Waals surface area contributed by atoms with Crippen LogP contribution >= 0.6 is 0 Å². The molecule has 0 heterocycles. The molecule has 0 aromatic carbocycles. The van der Waals surface area contributed by atoms with E-state index in [1.165, 1.54) is 57.8 Å². The number of carbonyl (C=O) groups excluding carboxylic acids is 1. The van der Waals surface area contributed by atoms with E-state index >= 15 is 0 Å². The molecule has 0 aromatic heterocycles. The second-order valence-electron chi connectivity index (χ2n) is 14.9. The molecular formula is C35H54O2. The fourth-order valence-electron chi connectivity index (χ4n) is 9.93. The van der Waals surface area contributed by atoms with E-state index in [1.54, 1.807) is 5.57 Å². The van der Waals surface area contributed by atoms with E-state index < -0.39 is 5.41 Å². The Bertz CT molecular complexity index is 927. The molecule has 0 aromatic rings. The zero-order valence-electron chi connectivity index (χ0n) is 24.7. The molecule has 1 unspecified atom stereocenters. The van der Waals surface area contributed by atoms with Crippen molar-refractivity contribution >= 4 is 5.97 Å². The van der Waals surface area contributed by atoms with Crippen molar-refractivity contribution in [1.29, 1.82) is 0 Å². The third-order valence-corrected chi connectivity index (χ3v) is 12.2. The lowest BCUT2D eigenvalue weighted by atomic mass is 9.47. The number of hydrogen-bond acceptors (Lipinski definition) is 2. The number of ether oxygens (including phenoxy) is 1. The fraction of sp³-hybridized carbons (Fsp3) is 0.800. The maximum absolute atomic E-state index is 13.1. The number of fused-ring (bicyclic) bond motifs is 5. The van der Waals surface area contributed by atoms with Crippen molar-refractivity contribution in [2.24, 2.45) is 51.8 Å². The van der Waals surface area contributed by atoms with Gasteiger partial charge >= 0.3 is 5.97 Å². The lowest BCUT2D eigenvalue weighted by molar-refractivity contribution is -0.157. The van der Waals surface area contributed by atoms with Gasteiger partial charge in [0.1, 0.15) is 11.5 Å². The average Bonchev–Trinajstić information content (AvgIpc) is 3.21. The van der Waals surface area contributed by atoms with Gasteiger partial charge in [0.05, 0.1) is 0 Å². The maximum Gasteiger partial charge on any atom is 0.319 e. The quantitative estimate of drug-likeness (QED) is 0.254. The highest BCUT2D eigenvalue weighted by Crippen LogP contribution is 2.67. The molecule has 0 aliphatic heterocycles.